The Balaban J connectivity index is 1.78. The molecule has 4 N–H and O–H groups in total. The van der Waals surface area contributed by atoms with Crippen LogP contribution >= 0.6 is 0 Å². The van der Waals surface area contributed by atoms with Gasteiger partial charge in [-0.2, -0.15) is 0 Å². The van der Waals surface area contributed by atoms with Crippen LogP contribution in [0.4, 0.5) is 0 Å². The van der Waals surface area contributed by atoms with Crippen molar-refractivity contribution in [3.8, 4) is 16.9 Å². The minimum absolute atomic E-state index is 0.00133. The highest BCUT2D eigenvalue weighted by Gasteiger charge is 2.72. The Labute approximate surface area is 250 Å². The van der Waals surface area contributed by atoms with Gasteiger partial charge in [0, 0.05) is 34.3 Å². The summed E-state index contributed by atoms with van der Waals surface area (Å²) in [6, 6.07) is 10.2. The monoisotopic (exact) mass is 586 g/mol. The molecule has 1 fully saturated rings. The molecule has 0 amide bonds. The minimum Gasteiger partial charge on any atom is -0.508 e. The van der Waals surface area contributed by atoms with E-state index in [1.54, 1.807) is 52.0 Å². The normalized spacial score (nSPS) is 28.5. The number of phenols is 1. The van der Waals surface area contributed by atoms with Crippen LogP contribution in [0.5, 0.6) is 5.75 Å². The number of carbonyl (C=O) groups excluding carboxylic acids is 4. The Morgan fingerprint density at radius 3 is 2.33 bits per heavy atom. The van der Waals surface area contributed by atoms with Gasteiger partial charge in [0.1, 0.15) is 22.8 Å². The molecule has 8 nitrogen and oxygen atoms in total. The molecule has 0 spiro atoms. The zero-order valence-corrected chi connectivity index (χ0v) is 25.4. The molecule has 0 aliphatic heterocycles. The van der Waals surface area contributed by atoms with E-state index in [2.05, 4.69) is 0 Å². The summed E-state index contributed by atoms with van der Waals surface area (Å²) in [5.74, 6) is -5.57. The summed E-state index contributed by atoms with van der Waals surface area (Å²) >= 11 is 0. The molecule has 5 rings (SSSR count). The number of Topliss-reactive ketones (excluding diaryl/α,β-unsaturated/α-hetero) is 4. The van der Waals surface area contributed by atoms with Crippen LogP contribution in [-0.4, -0.2) is 49.2 Å². The fourth-order valence-electron chi connectivity index (χ4n) is 8.22. The van der Waals surface area contributed by atoms with Crippen molar-refractivity contribution in [2.45, 2.75) is 72.8 Å². The Morgan fingerprint density at radius 2 is 1.72 bits per heavy atom. The number of hydrogen-bond acceptors (Lipinski definition) is 8. The van der Waals surface area contributed by atoms with Gasteiger partial charge in [0.05, 0.1) is 5.56 Å². The summed E-state index contributed by atoms with van der Waals surface area (Å²) in [6.45, 7) is 9.91. The number of hydrogen-bond donors (Lipinski definition) is 4. The summed E-state index contributed by atoms with van der Waals surface area (Å²) < 4.78 is 0. The van der Waals surface area contributed by atoms with Crippen molar-refractivity contribution < 1.29 is 39.6 Å². The zero-order chi connectivity index (χ0) is 31.8. The van der Waals surface area contributed by atoms with Crippen molar-refractivity contribution in [1.29, 1.82) is 0 Å². The van der Waals surface area contributed by atoms with Crippen LogP contribution in [-0.2, 0) is 20.8 Å². The van der Waals surface area contributed by atoms with Gasteiger partial charge < -0.3 is 20.4 Å². The molecule has 3 aliphatic rings. The van der Waals surface area contributed by atoms with Gasteiger partial charge in [-0.1, -0.05) is 58.9 Å². The minimum atomic E-state index is -2.65. The molecule has 0 bridgehead atoms. The number of ketones is 4. The van der Waals surface area contributed by atoms with E-state index in [9.17, 15) is 39.6 Å². The van der Waals surface area contributed by atoms with E-state index in [0.717, 1.165) is 6.92 Å². The maximum atomic E-state index is 14.4. The number of fused-ring (bicyclic) bond motifs is 3. The number of aliphatic hydroxyl groups is 3. The lowest BCUT2D eigenvalue weighted by molar-refractivity contribution is -0.178. The summed E-state index contributed by atoms with van der Waals surface area (Å²) in [5, 5.41) is 46.2. The summed E-state index contributed by atoms with van der Waals surface area (Å²) in [6.07, 6.45) is 1.26. The molecule has 0 heterocycles. The van der Waals surface area contributed by atoms with Gasteiger partial charge in [-0.05, 0) is 60.9 Å². The topological polar surface area (TPSA) is 149 Å². The maximum absolute atomic E-state index is 14.4. The molecular formula is C35H38O8. The molecule has 2 aromatic rings. The highest BCUT2D eigenvalue weighted by atomic mass is 16.3. The Kier molecular flexibility index (Phi) is 7.08. The molecule has 0 aromatic heterocycles. The first-order chi connectivity index (χ1) is 20.0. The predicted molar refractivity (Wildman–Crippen MR) is 160 cm³/mol. The zero-order valence-electron chi connectivity index (χ0n) is 25.4. The third-order valence-corrected chi connectivity index (χ3v) is 9.86. The van der Waals surface area contributed by atoms with E-state index in [4.69, 9.17) is 0 Å². The molecule has 226 valence electrons. The number of aliphatic hydroxyl groups excluding tert-OH is 2. The fourth-order valence-corrected chi connectivity index (χ4v) is 8.22. The first-order valence-corrected chi connectivity index (χ1v) is 14.7. The largest absolute Gasteiger partial charge is 0.508 e. The number of phenolic OH excluding ortho intramolecular Hbond substituents is 1. The molecule has 4 atom stereocenters. The van der Waals surface area contributed by atoms with Crippen molar-refractivity contribution in [3.63, 3.8) is 0 Å². The van der Waals surface area contributed by atoms with Crippen molar-refractivity contribution in [2.24, 2.45) is 22.7 Å². The van der Waals surface area contributed by atoms with E-state index >= 15 is 0 Å². The van der Waals surface area contributed by atoms with Gasteiger partial charge in [-0.15, -0.1) is 0 Å². The first kappa shape index (κ1) is 30.4. The standard InChI is InChI=1S/C35H38O8/c1-7-9-23(37)20-11-8-10-19(14-20)21-12-13-24(38)26-22(21)15-33(5)16-34(6)27(17(2)3)29(39)25(18(4)36)31(41)35(34,43)32(42)28(33)30(26)40/h8,10-14,17,27,38,40-41,43H,7,9,15-16H2,1-6H3/t27?,33-,34-,35+/m1/s1. The van der Waals surface area contributed by atoms with Crippen molar-refractivity contribution >= 4 is 28.9 Å². The van der Waals surface area contributed by atoms with Crippen LogP contribution in [0.25, 0.3) is 16.9 Å². The lowest BCUT2D eigenvalue weighted by Crippen LogP contribution is -2.69. The quantitative estimate of drug-likeness (QED) is 0.244. The van der Waals surface area contributed by atoms with Gasteiger partial charge in [0.2, 0.25) is 5.78 Å². The highest BCUT2D eigenvalue weighted by Crippen LogP contribution is 2.65. The molecule has 1 unspecified atom stereocenters. The highest BCUT2D eigenvalue weighted by molar-refractivity contribution is 6.24. The predicted octanol–water partition coefficient (Wildman–Crippen LogP) is 5.84. The van der Waals surface area contributed by atoms with Crippen molar-refractivity contribution in [2.75, 3.05) is 0 Å². The van der Waals surface area contributed by atoms with Gasteiger partial charge in [0.15, 0.2) is 23.0 Å². The molecule has 8 heteroatoms. The SMILES string of the molecule is CCCC(=O)c1cccc(-c2ccc(O)c3c2C[C@]2(C)C[C@]4(C)C(C(C)C)C(=O)C(C(C)=O)=C(O)[C@]4(O)C(=O)C2=C3O)c1. The summed E-state index contributed by atoms with van der Waals surface area (Å²) in [4.78, 5) is 53.3. The van der Waals surface area contributed by atoms with E-state index in [0.29, 0.717) is 35.1 Å². The van der Waals surface area contributed by atoms with Gasteiger partial charge in [-0.25, -0.2) is 0 Å². The maximum Gasteiger partial charge on any atom is 0.203 e. The van der Waals surface area contributed by atoms with Crippen molar-refractivity contribution in [1.82, 2.24) is 0 Å². The van der Waals surface area contributed by atoms with E-state index < -0.39 is 62.7 Å². The second kappa shape index (κ2) is 10.0. The Hall–Kier alpha value is -4.04. The number of benzene rings is 2. The average molecular weight is 587 g/mol. The second-order valence-corrected chi connectivity index (χ2v) is 13.2. The lowest BCUT2D eigenvalue weighted by Gasteiger charge is -2.59. The van der Waals surface area contributed by atoms with Crippen LogP contribution in [0, 0.1) is 22.7 Å². The molecule has 3 aliphatic carbocycles. The number of rotatable bonds is 6. The number of carbonyl (C=O) groups is 4. The van der Waals surface area contributed by atoms with E-state index in [-0.39, 0.29) is 35.5 Å². The summed E-state index contributed by atoms with van der Waals surface area (Å²) in [5.41, 5.74) is -3.62. The fraction of sp³-hybridized carbons (Fsp3) is 0.429. The van der Waals surface area contributed by atoms with Crippen LogP contribution in [0.1, 0.15) is 82.3 Å². The molecular weight excluding hydrogens is 548 g/mol. The van der Waals surface area contributed by atoms with Crippen LogP contribution < -0.4 is 0 Å². The van der Waals surface area contributed by atoms with Gasteiger partial charge >= 0.3 is 0 Å². The molecule has 0 saturated heterocycles. The Bertz CT molecular complexity index is 1680. The molecule has 1 saturated carbocycles. The van der Waals surface area contributed by atoms with Gasteiger partial charge in [0.25, 0.3) is 0 Å². The molecule has 0 radical (unpaired) electrons. The number of allylic oxidation sites excluding steroid dienone is 1. The smallest absolute Gasteiger partial charge is 0.203 e. The van der Waals surface area contributed by atoms with Gasteiger partial charge in [-0.3, -0.25) is 19.2 Å². The second-order valence-electron chi connectivity index (χ2n) is 13.2. The van der Waals surface area contributed by atoms with Crippen molar-refractivity contribution in [3.05, 3.63) is 70.0 Å². The third kappa shape index (κ3) is 4.06. The first-order valence-electron chi connectivity index (χ1n) is 14.7. The number of aromatic hydroxyl groups is 1. The molecule has 2 aromatic carbocycles. The average Bonchev–Trinajstić information content (AvgIpc) is 2.90. The van der Waals surface area contributed by atoms with E-state index in [1.165, 1.54) is 6.07 Å². The van der Waals surface area contributed by atoms with Crippen LogP contribution in [0.2, 0.25) is 0 Å². The van der Waals surface area contributed by atoms with Crippen LogP contribution in [0.15, 0.2) is 53.3 Å². The lowest BCUT2D eigenvalue weighted by atomic mass is 9.43. The molecule has 43 heavy (non-hydrogen) atoms. The van der Waals surface area contributed by atoms with Crippen LogP contribution in [0.3, 0.4) is 0 Å². The third-order valence-electron chi connectivity index (χ3n) is 9.86. The summed E-state index contributed by atoms with van der Waals surface area (Å²) in [7, 11) is 0. The van der Waals surface area contributed by atoms with E-state index in [1.807, 2.05) is 13.0 Å². The Morgan fingerprint density at radius 1 is 1.05 bits per heavy atom.